The molecule has 0 radical (unpaired) electrons. The first-order valence-electron chi connectivity index (χ1n) is 10.9. The Morgan fingerprint density at radius 3 is 2.61 bits per heavy atom. The van der Waals surface area contributed by atoms with Gasteiger partial charge in [-0.05, 0) is 42.7 Å². The molecule has 1 unspecified atom stereocenters. The molecule has 164 valence electrons. The number of aliphatic hydroxyl groups is 1. The minimum atomic E-state index is -0.558. The van der Waals surface area contributed by atoms with E-state index < -0.39 is 5.92 Å². The SMILES string of the molecule is N=C1/C(=C(/O)c2ccccc2)C(c2cccnc2)C2=C(CCCC2=O)N1c1cccc(Br)c1. The number of anilines is 1. The summed E-state index contributed by atoms with van der Waals surface area (Å²) in [6, 6.07) is 20.6. The van der Waals surface area contributed by atoms with Crippen LogP contribution in [0.25, 0.3) is 5.76 Å². The van der Waals surface area contributed by atoms with Gasteiger partial charge in [0.25, 0.3) is 0 Å². The minimum Gasteiger partial charge on any atom is -0.507 e. The number of hydrogen-bond donors (Lipinski definition) is 2. The summed E-state index contributed by atoms with van der Waals surface area (Å²) in [4.78, 5) is 19.5. The largest absolute Gasteiger partial charge is 0.507 e. The van der Waals surface area contributed by atoms with Gasteiger partial charge in [-0.1, -0.05) is 58.4 Å². The molecule has 1 atom stereocenters. The highest BCUT2D eigenvalue weighted by atomic mass is 79.9. The maximum absolute atomic E-state index is 13.4. The van der Waals surface area contributed by atoms with Gasteiger partial charge in [0.05, 0.1) is 0 Å². The molecule has 0 saturated carbocycles. The number of nitrogens with zero attached hydrogens (tertiary/aromatic N) is 2. The smallest absolute Gasteiger partial charge is 0.161 e. The first-order chi connectivity index (χ1) is 16.1. The van der Waals surface area contributed by atoms with Crippen molar-refractivity contribution < 1.29 is 9.90 Å². The van der Waals surface area contributed by atoms with E-state index in [1.54, 1.807) is 12.4 Å². The van der Waals surface area contributed by atoms with E-state index in [2.05, 4.69) is 20.9 Å². The number of nitrogens with one attached hydrogen (secondary N) is 1. The molecule has 1 aliphatic heterocycles. The third-order valence-corrected chi connectivity index (χ3v) is 6.63. The highest BCUT2D eigenvalue weighted by molar-refractivity contribution is 9.10. The van der Waals surface area contributed by atoms with E-state index in [0.717, 1.165) is 27.8 Å². The lowest BCUT2D eigenvalue weighted by Crippen LogP contribution is -2.42. The van der Waals surface area contributed by atoms with Gasteiger partial charge in [-0.2, -0.15) is 0 Å². The van der Waals surface area contributed by atoms with Gasteiger partial charge in [0.2, 0.25) is 0 Å². The summed E-state index contributed by atoms with van der Waals surface area (Å²) in [6.07, 6.45) is 5.28. The Bertz CT molecular complexity index is 1300. The van der Waals surface area contributed by atoms with E-state index in [1.165, 1.54) is 0 Å². The number of carbonyl (C=O) groups excluding carboxylic acids is 1. The predicted molar refractivity (Wildman–Crippen MR) is 133 cm³/mol. The van der Waals surface area contributed by atoms with E-state index in [-0.39, 0.29) is 17.4 Å². The van der Waals surface area contributed by atoms with Gasteiger partial charge in [-0.15, -0.1) is 0 Å². The first-order valence-corrected chi connectivity index (χ1v) is 11.6. The Labute approximate surface area is 200 Å². The summed E-state index contributed by atoms with van der Waals surface area (Å²) in [7, 11) is 0. The molecule has 33 heavy (non-hydrogen) atoms. The van der Waals surface area contributed by atoms with Crippen LogP contribution in [0, 0.1) is 5.41 Å². The van der Waals surface area contributed by atoms with Crippen molar-refractivity contribution in [1.29, 1.82) is 5.41 Å². The van der Waals surface area contributed by atoms with E-state index in [4.69, 9.17) is 0 Å². The monoisotopic (exact) mass is 499 g/mol. The number of carbonyl (C=O) groups is 1. The number of aliphatic hydroxyl groups excluding tert-OH is 1. The van der Waals surface area contributed by atoms with Crippen molar-refractivity contribution in [2.24, 2.45) is 0 Å². The molecule has 2 aromatic carbocycles. The van der Waals surface area contributed by atoms with Crippen LogP contribution in [0.2, 0.25) is 0 Å². The molecule has 5 nitrogen and oxygen atoms in total. The summed E-state index contributed by atoms with van der Waals surface area (Å²) in [5, 5.41) is 20.8. The van der Waals surface area contributed by atoms with Gasteiger partial charge in [0.1, 0.15) is 11.6 Å². The van der Waals surface area contributed by atoms with Crippen LogP contribution in [0.5, 0.6) is 0 Å². The Hall–Kier alpha value is -3.51. The van der Waals surface area contributed by atoms with Crippen molar-refractivity contribution in [3.05, 3.63) is 112 Å². The second-order valence-electron chi connectivity index (χ2n) is 8.15. The molecule has 0 fully saturated rings. The number of pyridine rings is 1. The molecule has 1 aliphatic carbocycles. The van der Waals surface area contributed by atoms with E-state index in [0.29, 0.717) is 29.6 Å². The normalized spacial score (nSPS) is 20.0. The Morgan fingerprint density at radius 1 is 1.06 bits per heavy atom. The summed E-state index contributed by atoms with van der Waals surface area (Å²) in [5.74, 6) is -0.343. The molecule has 0 saturated heterocycles. The van der Waals surface area contributed by atoms with E-state index >= 15 is 0 Å². The van der Waals surface area contributed by atoms with Crippen molar-refractivity contribution in [1.82, 2.24) is 4.98 Å². The lowest BCUT2D eigenvalue weighted by Gasteiger charge is -2.41. The standard InChI is InChI=1S/C27H22BrN3O2/c28-19-10-4-11-20(15-19)31-21-12-5-13-22(32)24(21)23(18-9-6-14-30-16-18)25(27(31)29)26(33)17-7-2-1-3-8-17/h1-4,6-11,14-16,23,29,33H,5,12-13H2/b26-25+,29-27?. The van der Waals surface area contributed by atoms with Crippen molar-refractivity contribution in [3.8, 4) is 0 Å². The van der Waals surface area contributed by atoms with Gasteiger partial charge < -0.3 is 5.11 Å². The Kier molecular flexibility index (Phi) is 5.68. The number of amidine groups is 1. The number of halogens is 1. The summed E-state index contributed by atoms with van der Waals surface area (Å²) in [6.45, 7) is 0. The molecule has 6 heteroatoms. The van der Waals surface area contributed by atoms with Crippen LogP contribution < -0.4 is 4.90 Å². The fraction of sp³-hybridized carbons (Fsp3) is 0.148. The first kappa shape index (κ1) is 21.3. The fourth-order valence-electron chi connectivity index (χ4n) is 4.72. The zero-order valence-electron chi connectivity index (χ0n) is 17.8. The maximum atomic E-state index is 13.4. The Balaban J connectivity index is 1.83. The molecule has 3 aromatic rings. The zero-order chi connectivity index (χ0) is 22.9. The lowest BCUT2D eigenvalue weighted by atomic mass is 9.74. The molecule has 0 bridgehead atoms. The van der Waals surface area contributed by atoms with Crippen molar-refractivity contribution in [2.75, 3.05) is 4.90 Å². The third kappa shape index (κ3) is 3.80. The molecule has 2 heterocycles. The van der Waals surface area contributed by atoms with Crippen LogP contribution in [-0.2, 0) is 4.79 Å². The molecule has 0 amide bonds. The number of allylic oxidation sites excluding steroid dienone is 2. The Morgan fingerprint density at radius 2 is 1.88 bits per heavy atom. The second-order valence-corrected chi connectivity index (χ2v) is 9.06. The van der Waals surface area contributed by atoms with Crippen LogP contribution >= 0.6 is 15.9 Å². The van der Waals surface area contributed by atoms with Crippen LogP contribution in [-0.4, -0.2) is 21.7 Å². The van der Waals surface area contributed by atoms with Gasteiger partial charge in [0, 0.05) is 57.3 Å². The number of ketones is 1. The van der Waals surface area contributed by atoms with Crippen LogP contribution in [0.15, 0.2) is 100 Å². The number of aromatic nitrogens is 1. The van der Waals surface area contributed by atoms with Crippen molar-refractivity contribution >= 4 is 39.0 Å². The number of rotatable bonds is 3. The molecule has 2 N–H and O–H groups in total. The lowest BCUT2D eigenvalue weighted by molar-refractivity contribution is -0.116. The molecule has 1 aromatic heterocycles. The number of hydrogen-bond acceptors (Lipinski definition) is 4. The van der Waals surface area contributed by atoms with Gasteiger partial charge in [-0.3, -0.25) is 20.1 Å². The van der Waals surface area contributed by atoms with Gasteiger partial charge in [-0.25, -0.2) is 0 Å². The maximum Gasteiger partial charge on any atom is 0.161 e. The van der Waals surface area contributed by atoms with Crippen LogP contribution in [0.3, 0.4) is 0 Å². The summed E-state index contributed by atoms with van der Waals surface area (Å²) < 4.78 is 0.879. The van der Waals surface area contributed by atoms with Gasteiger partial charge >= 0.3 is 0 Å². The molecule has 5 rings (SSSR count). The fourth-order valence-corrected chi connectivity index (χ4v) is 5.11. The number of Topliss-reactive ketones (excluding diaryl/α,β-unsaturated/α-hetero) is 1. The highest BCUT2D eigenvalue weighted by Crippen LogP contribution is 2.47. The summed E-state index contributed by atoms with van der Waals surface area (Å²) >= 11 is 3.53. The topological polar surface area (TPSA) is 77.3 Å². The average Bonchev–Trinajstić information content (AvgIpc) is 2.84. The third-order valence-electron chi connectivity index (χ3n) is 6.14. The number of benzene rings is 2. The van der Waals surface area contributed by atoms with Gasteiger partial charge in [0.15, 0.2) is 5.78 Å². The molecule has 0 spiro atoms. The van der Waals surface area contributed by atoms with E-state index in [1.807, 2.05) is 71.6 Å². The van der Waals surface area contributed by atoms with Crippen LogP contribution in [0.1, 0.15) is 36.3 Å². The minimum absolute atomic E-state index is 0.000580. The molecule has 2 aliphatic rings. The van der Waals surface area contributed by atoms with Crippen LogP contribution in [0.4, 0.5) is 5.69 Å². The predicted octanol–water partition coefficient (Wildman–Crippen LogP) is 6.40. The highest BCUT2D eigenvalue weighted by Gasteiger charge is 2.43. The van der Waals surface area contributed by atoms with Crippen molar-refractivity contribution in [3.63, 3.8) is 0 Å². The quantitative estimate of drug-likeness (QED) is 0.408. The van der Waals surface area contributed by atoms with Crippen molar-refractivity contribution in [2.45, 2.75) is 25.2 Å². The zero-order valence-corrected chi connectivity index (χ0v) is 19.4. The molecular weight excluding hydrogens is 478 g/mol. The summed E-state index contributed by atoms with van der Waals surface area (Å²) in [5.41, 5.74) is 4.04. The van der Waals surface area contributed by atoms with E-state index in [9.17, 15) is 15.3 Å². The molecular formula is C27H22BrN3O2. The average molecular weight is 500 g/mol. The second kappa shape index (κ2) is 8.79.